The molecule has 210 valence electrons. The normalized spacial score (nSPS) is 22.7. The highest BCUT2D eigenvalue weighted by Crippen LogP contribution is 2.62. The molecule has 3 aliphatic rings. The number of hydrogen-bond acceptors (Lipinski definition) is 6. The minimum Gasteiger partial charge on any atom is -0.478 e. The van der Waals surface area contributed by atoms with E-state index in [0.717, 1.165) is 11.1 Å². The first-order valence-electron chi connectivity index (χ1n) is 13.8. The van der Waals surface area contributed by atoms with Crippen LogP contribution in [-0.2, 0) is 10.2 Å². The maximum absolute atomic E-state index is 14.8. The molecule has 0 unspecified atom stereocenters. The third kappa shape index (κ3) is 3.82. The van der Waals surface area contributed by atoms with Crippen LogP contribution in [0.2, 0.25) is 0 Å². The SMILES string of the molecule is N#CCOc1ccccc1C(=O)[C@@H]1[C@H](C(=O)c2ccc(F)cc2)[C@]2(C(=O)Nc3ccccc32)[C@@H]2c3ccccc3C=CN12. The lowest BCUT2D eigenvalue weighted by Gasteiger charge is -2.38. The maximum Gasteiger partial charge on any atom is 0.238 e. The fourth-order valence-corrected chi connectivity index (χ4v) is 7.03. The van der Waals surface area contributed by atoms with Crippen LogP contribution >= 0.6 is 0 Å². The Morgan fingerprint density at radius 3 is 2.47 bits per heavy atom. The number of hydrogen-bond donors (Lipinski definition) is 1. The highest BCUT2D eigenvalue weighted by atomic mass is 19.1. The lowest BCUT2D eigenvalue weighted by Crippen LogP contribution is -2.49. The van der Waals surface area contributed by atoms with Gasteiger partial charge < -0.3 is 15.0 Å². The van der Waals surface area contributed by atoms with E-state index in [1.165, 1.54) is 24.3 Å². The van der Waals surface area contributed by atoms with Crippen molar-refractivity contribution in [1.29, 1.82) is 5.26 Å². The van der Waals surface area contributed by atoms with Crippen molar-refractivity contribution in [2.45, 2.75) is 17.5 Å². The van der Waals surface area contributed by atoms with Gasteiger partial charge in [0.25, 0.3) is 0 Å². The quantitative estimate of drug-likeness (QED) is 0.299. The molecule has 0 bridgehead atoms. The van der Waals surface area contributed by atoms with Crippen LogP contribution < -0.4 is 10.1 Å². The van der Waals surface area contributed by atoms with Crippen LogP contribution in [-0.4, -0.2) is 35.0 Å². The number of nitriles is 1. The highest BCUT2D eigenvalue weighted by molar-refractivity contribution is 6.17. The Kier molecular flexibility index (Phi) is 6.17. The highest BCUT2D eigenvalue weighted by Gasteiger charge is 2.70. The second-order valence-electron chi connectivity index (χ2n) is 10.8. The van der Waals surface area contributed by atoms with Gasteiger partial charge in [0, 0.05) is 17.5 Å². The van der Waals surface area contributed by atoms with Gasteiger partial charge in [0.05, 0.1) is 17.5 Å². The molecule has 4 aromatic rings. The van der Waals surface area contributed by atoms with E-state index in [9.17, 15) is 18.8 Å². The number of carbonyl (C=O) groups excluding carboxylic acids is 3. The van der Waals surface area contributed by atoms with Crippen molar-refractivity contribution in [3.8, 4) is 11.8 Å². The molecular weight excluding hydrogens is 545 g/mol. The number of nitrogens with one attached hydrogen (secondary N) is 1. The van der Waals surface area contributed by atoms with Crippen molar-refractivity contribution in [2.24, 2.45) is 5.92 Å². The van der Waals surface area contributed by atoms with Crippen LogP contribution in [0.15, 0.2) is 103 Å². The van der Waals surface area contributed by atoms with Gasteiger partial charge in [-0.25, -0.2) is 4.39 Å². The first-order chi connectivity index (χ1) is 21.0. The average molecular weight is 570 g/mol. The molecule has 0 aromatic heterocycles. The molecule has 1 fully saturated rings. The van der Waals surface area contributed by atoms with Crippen LogP contribution in [0.25, 0.3) is 6.08 Å². The maximum atomic E-state index is 14.8. The van der Waals surface area contributed by atoms with E-state index in [4.69, 9.17) is 10.00 Å². The summed E-state index contributed by atoms with van der Waals surface area (Å²) in [6.45, 7) is -0.272. The first kappa shape index (κ1) is 26.4. The summed E-state index contributed by atoms with van der Waals surface area (Å²) >= 11 is 0. The number of benzene rings is 4. The summed E-state index contributed by atoms with van der Waals surface area (Å²) in [6, 6.07) is 26.7. The number of amides is 1. The molecule has 3 aliphatic heterocycles. The molecule has 8 heteroatoms. The molecule has 1 amide bonds. The summed E-state index contributed by atoms with van der Waals surface area (Å²) in [6.07, 6.45) is 3.66. The number of carbonyl (C=O) groups is 3. The zero-order chi connectivity index (χ0) is 29.7. The number of para-hydroxylation sites is 2. The topological polar surface area (TPSA) is 99.5 Å². The number of anilines is 1. The molecule has 4 atom stereocenters. The van der Waals surface area contributed by atoms with E-state index in [0.29, 0.717) is 11.3 Å². The summed E-state index contributed by atoms with van der Waals surface area (Å²) in [7, 11) is 0. The van der Waals surface area contributed by atoms with Crippen LogP contribution in [0, 0.1) is 23.1 Å². The largest absolute Gasteiger partial charge is 0.478 e. The Labute approximate surface area is 246 Å². The summed E-state index contributed by atoms with van der Waals surface area (Å²) < 4.78 is 19.6. The van der Waals surface area contributed by atoms with Gasteiger partial charge in [-0.05, 0) is 65.2 Å². The number of nitrogens with zero attached hydrogens (tertiary/aromatic N) is 2. The molecule has 4 aromatic carbocycles. The minimum atomic E-state index is -1.51. The number of ether oxygens (including phenoxy) is 1. The number of fused-ring (bicyclic) bond motifs is 6. The van der Waals surface area contributed by atoms with Crippen LogP contribution in [0.3, 0.4) is 0 Å². The lowest BCUT2D eigenvalue weighted by atomic mass is 9.62. The standard InChI is InChI=1S/C35H24FN3O4/c36-23-15-13-22(14-16-23)31(40)29-30(32(41)25-9-3-6-12-28(25)43-20-18-37)39-19-17-21-7-1-2-8-24(21)33(39)35(29)26-10-4-5-11-27(26)38-34(35)42/h1-17,19,29-30,33H,20H2,(H,38,42)/t29-,30+,33+,35+/m1/s1. The lowest BCUT2D eigenvalue weighted by molar-refractivity contribution is -0.122. The number of Topliss-reactive ketones (excluding diaryl/α,β-unsaturated/α-hetero) is 2. The second-order valence-corrected chi connectivity index (χ2v) is 10.8. The van der Waals surface area contributed by atoms with Crippen molar-refractivity contribution >= 4 is 29.2 Å². The minimum absolute atomic E-state index is 0.187. The number of rotatable bonds is 6. The molecular formula is C35H24FN3O4. The zero-order valence-electron chi connectivity index (χ0n) is 22.7. The van der Waals surface area contributed by atoms with Gasteiger partial charge in [0.2, 0.25) is 5.91 Å². The Balaban J connectivity index is 1.52. The van der Waals surface area contributed by atoms with Crippen LogP contribution in [0.1, 0.15) is 43.4 Å². The second kappa shape index (κ2) is 10.1. The molecule has 7 nitrogen and oxygen atoms in total. The fraction of sp³-hybridized carbons (Fsp3) is 0.143. The summed E-state index contributed by atoms with van der Waals surface area (Å²) in [4.78, 5) is 45.8. The van der Waals surface area contributed by atoms with E-state index < -0.39 is 46.7 Å². The van der Waals surface area contributed by atoms with Gasteiger partial charge in [0.1, 0.15) is 29.1 Å². The van der Waals surface area contributed by atoms with Gasteiger partial charge in [-0.1, -0.05) is 54.6 Å². The Morgan fingerprint density at radius 1 is 0.930 bits per heavy atom. The van der Waals surface area contributed by atoms with Crippen molar-refractivity contribution in [3.63, 3.8) is 0 Å². The average Bonchev–Trinajstić information content (AvgIpc) is 3.52. The molecule has 1 saturated heterocycles. The molecule has 0 saturated carbocycles. The third-order valence-electron chi connectivity index (χ3n) is 8.70. The van der Waals surface area contributed by atoms with Crippen LogP contribution in [0.5, 0.6) is 5.75 Å². The molecule has 1 spiro atoms. The van der Waals surface area contributed by atoms with Gasteiger partial charge in [-0.2, -0.15) is 5.26 Å². The summed E-state index contributed by atoms with van der Waals surface area (Å²) in [5.74, 6) is -2.79. The molecule has 0 radical (unpaired) electrons. The molecule has 3 heterocycles. The van der Waals surface area contributed by atoms with E-state index in [-0.39, 0.29) is 23.5 Å². The van der Waals surface area contributed by atoms with Crippen LogP contribution in [0.4, 0.5) is 10.1 Å². The van der Waals surface area contributed by atoms with E-state index in [1.807, 2.05) is 59.5 Å². The van der Waals surface area contributed by atoms with Gasteiger partial charge >= 0.3 is 0 Å². The molecule has 43 heavy (non-hydrogen) atoms. The predicted octanol–water partition coefficient (Wildman–Crippen LogP) is 5.71. The fourth-order valence-electron chi connectivity index (χ4n) is 7.03. The van der Waals surface area contributed by atoms with Gasteiger partial charge in [-0.15, -0.1) is 0 Å². The van der Waals surface area contributed by atoms with Crippen molar-refractivity contribution in [3.05, 3.63) is 137 Å². The summed E-state index contributed by atoms with van der Waals surface area (Å²) in [5, 5.41) is 12.1. The van der Waals surface area contributed by atoms with Gasteiger partial charge in [-0.3, -0.25) is 14.4 Å². The van der Waals surface area contributed by atoms with Crippen molar-refractivity contribution in [1.82, 2.24) is 4.90 Å². The number of ketones is 2. The van der Waals surface area contributed by atoms with E-state index in [2.05, 4.69) is 5.32 Å². The predicted molar refractivity (Wildman–Crippen MR) is 157 cm³/mol. The Bertz CT molecular complexity index is 1880. The Hall–Kier alpha value is -5.55. The summed E-state index contributed by atoms with van der Waals surface area (Å²) in [5.41, 5.74) is 1.73. The third-order valence-corrected chi connectivity index (χ3v) is 8.70. The van der Waals surface area contributed by atoms with E-state index >= 15 is 0 Å². The Morgan fingerprint density at radius 2 is 1.65 bits per heavy atom. The first-order valence-corrected chi connectivity index (χ1v) is 13.8. The van der Waals surface area contributed by atoms with Gasteiger partial charge in [0.15, 0.2) is 18.2 Å². The monoisotopic (exact) mass is 569 g/mol. The molecule has 7 rings (SSSR count). The zero-order valence-corrected chi connectivity index (χ0v) is 22.7. The molecule has 0 aliphatic carbocycles. The number of halogens is 1. The van der Waals surface area contributed by atoms with Crippen molar-refractivity contribution in [2.75, 3.05) is 11.9 Å². The van der Waals surface area contributed by atoms with Crippen molar-refractivity contribution < 1.29 is 23.5 Å². The van der Waals surface area contributed by atoms with E-state index in [1.54, 1.807) is 36.5 Å². The molecule has 1 N–H and O–H groups in total. The smallest absolute Gasteiger partial charge is 0.238 e.